The Morgan fingerprint density at radius 2 is 2.32 bits per heavy atom. The molecule has 2 atom stereocenters. The van der Waals surface area contributed by atoms with E-state index in [4.69, 9.17) is 9.15 Å². The summed E-state index contributed by atoms with van der Waals surface area (Å²) in [7, 11) is 0. The number of aromatic nitrogens is 1. The molecule has 0 aliphatic carbocycles. The number of carbonyl (C=O) groups is 1. The van der Waals surface area contributed by atoms with Crippen LogP contribution < -0.4 is 5.32 Å². The van der Waals surface area contributed by atoms with Crippen LogP contribution in [0.15, 0.2) is 41.1 Å². The number of nitrogens with zero attached hydrogens (tertiary/aromatic N) is 2. The van der Waals surface area contributed by atoms with Crippen molar-refractivity contribution >= 4 is 11.7 Å². The lowest BCUT2D eigenvalue weighted by Gasteiger charge is -2.39. The lowest BCUT2D eigenvalue weighted by molar-refractivity contribution is -0.0447. The van der Waals surface area contributed by atoms with Crippen molar-refractivity contribution in [1.29, 1.82) is 0 Å². The highest BCUT2D eigenvalue weighted by atomic mass is 16.5. The maximum Gasteiger partial charge on any atom is 0.257 e. The van der Waals surface area contributed by atoms with Gasteiger partial charge in [-0.3, -0.25) is 4.79 Å². The number of amides is 1. The molecule has 4 rings (SSSR count). The Kier molecular flexibility index (Phi) is 4.21. The van der Waals surface area contributed by atoms with Crippen molar-refractivity contribution in [3.8, 4) is 0 Å². The molecule has 132 valence electrons. The highest BCUT2D eigenvalue weighted by Gasteiger charge is 2.44. The molecule has 0 saturated carbocycles. The molecule has 1 spiro atoms. The summed E-state index contributed by atoms with van der Waals surface area (Å²) in [5.74, 6) is 1.58. The third-order valence-corrected chi connectivity index (χ3v) is 5.14. The first kappa shape index (κ1) is 16.1. The predicted molar refractivity (Wildman–Crippen MR) is 93.5 cm³/mol. The zero-order valence-corrected chi connectivity index (χ0v) is 14.4. The summed E-state index contributed by atoms with van der Waals surface area (Å²) in [5, 5.41) is 3.44. The summed E-state index contributed by atoms with van der Waals surface area (Å²) in [4.78, 5) is 19.0. The molecule has 2 aliphatic heterocycles. The minimum Gasteiger partial charge on any atom is -0.469 e. The smallest absolute Gasteiger partial charge is 0.257 e. The Hall–Kier alpha value is -2.34. The van der Waals surface area contributed by atoms with Crippen LogP contribution in [0.3, 0.4) is 0 Å². The average molecular weight is 341 g/mol. The summed E-state index contributed by atoms with van der Waals surface area (Å²) < 4.78 is 11.5. The number of hydrogen-bond donors (Lipinski definition) is 1. The van der Waals surface area contributed by atoms with E-state index in [-0.39, 0.29) is 17.6 Å². The molecule has 2 fully saturated rings. The fraction of sp³-hybridized carbons (Fsp3) is 0.474. The number of aryl methyl sites for hydroxylation is 1. The van der Waals surface area contributed by atoms with Crippen LogP contribution in [-0.4, -0.2) is 47.1 Å². The molecule has 0 aromatic carbocycles. The summed E-state index contributed by atoms with van der Waals surface area (Å²) >= 11 is 0. The van der Waals surface area contributed by atoms with Crippen molar-refractivity contribution in [2.75, 3.05) is 25.0 Å². The maximum absolute atomic E-state index is 12.8. The van der Waals surface area contributed by atoms with Gasteiger partial charge in [-0.2, -0.15) is 0 Å². The van der Waals surface area contributed by atoms with Gasteiger partial charge in [-0.05, 0) is 38.0 Å². The second-order valence-corrected chi connectivity index (χ2v) is 6.98. The molecule has 2 aromatic rings. The van der Waals surface area contributed by atoms with E-state index in [9.17, 15) is 4.79 Å². The van der Waals surface area contributed by atoms with Crippen molar-refractivity contribution in [2.24, 2.45) is 0 Å². The highest BCUT2D eigenvalue weighted by Crippen LogP contribution is 2.36. The number of hydrogen-bond acceptors (Lipinski definition) is 5. The number of piperidine rings is 1. The van der Waals surface area contributed by atoms with E-state index < -0.39 is 0 Å². The minimum atomic E-state index is -0.252. The Balaban J connectivity index is 1.42. The van der Waals surface area contributed by atoms with Crippen LogP contribution in [0, 0.1) is 6.92 Å². The van der Waals surface area contributed by atoms with E-state index in [1.165, 1.54) is 0 Å². The van der Waals surface area contributed by atoms with Gasteiger partial charge in [-0.1, -0.05) is 6.07 Å². The minimum absolute atomic E-state index is 0.0371. The van der Waals surface area contributed by atoms with Gasteiger partial charge in [0.15, 0.2) is 0 Å². The molecule has 4 heterocycles. The first-order chi connectivity index (χ1) is 12.2. The fourth-order valence-electron chi connectivity index (χ4n) is 3.93. The van der Waals surface area contributed by atoms with Gasteiger partial charge < -0.3 is 19.4 Å². The lowest BCUT2D eigenvalue weighted by Crippen LogP contribution is -2.50. The van der Waals surface area contributed by atoms with Crippen LogP contribution in [0.25, 0.3) is 0 Å². The zero-order chi connectivity index (χ0) is 17.3. The third kappa shape index (κ3) is 3.26. The number of ether oxygens (including phenoxy) is 1. The van der Waals surface area contributed by atoms with Crippen LogP contribution in [-0.2, 0) is 4.74 Å². The molecular weight excluding hydrogens is 318 g/mol. The quantitative estimate of drug-likeness (QED) is 0.930. The topological polar surface area (TPSA) is 67.6 Å². The number of pyridine rings is 1. The van der Waals surface area contributed by atoms with Crippen molar-refractivity contribution in [3.05, 3.63) is 48.0 Å². The van der Waals surface area contributed by atoms with Crippen molar-refractivity contribution in [1.82, 2.24) is 9.88 Å². The van der Waals surface area contributed by atoms with Gasteiger partial charge >= 0.3 is 0 Å². The predicted octanol–water partition coefficient (Wildman–Crippen LogP) is 2.86. The van der Waals surface area contributed by atoms with Gasteiger partial charge in [0.05, 0.1) is 36.6 Å². The maximum atomic E-state index is 12.8. The fourth-order valence-corrected chi connectivity index (χ4v) is 3.93. The Labute approximate surface area is 147 Å². The monoisotopic (exact) mass is 341 g/mol. The molecule has 6 heteroatoms. The van der Waals surface area contributed by atoms with E-state index in [1.807, 2.05) is 30.0 Å². The number of furan rings is 1. The number of anilines is 1. The van der Waals surface area contributed by atoms with E-state index in [0.29, 0.717) is 24.5 Å². The molecule has 0 bridgehead atoms. The van der Waals surface area contributed by atoms with Gasteiger partial charge in [0.1, 0.15) is 11.6 Å². The van der Waals surface area contributed by atoms with Crippen LogP contribution in [0.4, 0.5) is 5.82 Å². The number of likely N-dealkylation sites (tertiary alicyclic amines) is 1. The van der Waals surface area contributed by atoms with Crippen molar-refractivity contribution in [3.63, 3.8) is 0 Å². The first-order valence-corrected chi connectivity index (χ1v) is 8.80. The van der Waals surface area contributed by atoms with Gasteiger partial charge in [0, 0.05) is 19.2 Å². The summed E-state index contributed by atoms with van der Waals surface area (Å²) in [6, 6.07) is 7.80. The average Bonchev–Trinajstić information content (AvgIpc) is 3.22. The molecule has 0 radical (unpaired) electrons. The summed E-state index contributed by atoms with van der Waals surface area (Å²) in [6.45, 7) is 3.87. The number of rotatable bonds is 3. The van der Waals surface area contributed by atoms with E-state index in [2.05, 4.69) is 10.3 Å². The molecule has 1 N–H and O–H groups in total. The summed E-state index contributed by atoms with van der Waals surface area (Å²) in [5.41, 5.74) is 0.399. The Morgan fingerprint density at radius 3 is 3.08 bits per heavy atom. The molecule has 2 aromatic heterocycles. The normalized spacial score (nSPS) is 26.1. The molecule has 1 amide bonds. The van der Waals surface area contributed by atoms with Crippen molar-refractivity contribution in [2.45, 2.75) is 37.8 Å². The van der Waals surface area contributed by atoms with E-state index in [1.54, 1.807) is 18.5 Å². The molecule has 2 saturated heterocycles. The van der Waals surface area contributed by atoms with Gasteiger partial charge in [0.25, 0.3) is 5.91 Å². The third-order valence-electron chi connectivity index (χ3n) is 5.14. The molecule has 2 unspecified atom stereocenters. The van der Waals surface area contributed by atoms with Gasteiger partial charge in [-0.25, -0.2) is 4.98 Å². The highest BCUT2D eigenvalue weighted by molar-refractivity contribution is 5.95. The van der Waals surface area contributed by atoms with E-state index in [0.717, 1.165) is 31.6 Å². The van der Waals surface area contributed by atoms with Crippen LogP contribution in [0.1, 0.15) is 35.4 Å². The Morgan fingerprint density at radius 1 is 1.40 bits per heavy atom. The molecular formula is C19H23N3O3. The second kappa shape index (κ2) is 6.52. The number of carbonyl (C=O) groups excluding carboxylic acids is 1. The van der Waals surface area contributed by atoms with Crippen LogP contribution in [0.2, 0.25) is 0 Å². The first-order valence-electron chi connectivity index (χ1n) is 8.80. The lowest BCUT2D eigenvalue weighted by atomic mass is 9.88. The zero-order valence-electron chi connectivity index (χ0n) is 14.4. The largest absolute Gasteiger partial charge is 0.469 e. The Bertz CT molecular complexity index is 745. The van der Waals surface area contributed by atoms with E-state index >= 15 is 0 Å². The standard InChI is InChI=1S/C19H23N3O3/c1-14-16(6-10-24-14)18(23)22-9-4-7-19(13-22)11-15(12-25-19)21-17-5-2-3-8-20-17/h2-3,5-6,8,10,15H,4,7,9,11-13H2,1H3,(H,20,21). The molecule has 2 aliphatic rings. The van der Waals surface area contributed by atoms with Crippen LogP contribution in [0.5, 0.6) is 0 Å². The molecule has 25 heavy (non-hydrogen) atoms. The SMILES string of the molecule is Cc1occc1C(=O)N1CCCC2(CC(Nc3ccccn3)CO2)C1. The summed E-state index contributed by atoms with van der Waals surface area (Å²) in [6.07, 6.45) is 6.18. The van der Waals surface area contributed by atoms with Gasteiger partial charge in [-0.15, -0.1) is 0 Å². The molecule has 6 nitrogen and oxygen atoms in total. The second-order valence-electron chi connectivity index (χ2n) is 6.98. The number of nitrogens with one attached hydrogen (secondary N) is 1. The van der Waals surface area contributed by atoms with Crippen molar-refractivity contribution < 1.29 is 13.9 Å². The van der Waals surface area contributed by atoms with Gasteiger partial charge in [0.2, 0.25) is 0 Å². The van der Waals surface area contributed by atoms with Crippen LogP contribution >= 0.6 is 0 Å².